The fraction of sp³-hybridized carbons (Fsp3) is 0.792. The van der Waals surface area contributed by atoms with Crippen molar-refractivity contribution >= 4 is 5.91 Å². The minimum absolute atomic E-state index is 0.0561. The van der Waals surface area contributed by atoms with Crippen LogP contribution in [0.25, 0.3) is 0 Å². The lowest BCUT2D eigenvalue weighted by Crippen LogP contribution is -2.62. The number of carbonyl (C=O) groups is 1. The van der Waals surface area contributed by atoms with Crippen LogP contribution in [-0.2, 0) is 11.3 Å². The molecule has 6 heteroatoms. The molecule has 166 valence electrons. The highest BCUT2D eigenvalue weighted by Gasteiger charge is 2.55. The summed E-state index contributed by atoms with van der Waals surface area (Å²) in [5, 5.41) is 11.8. The molecule has 0 radical (unpaired) electrons. The van der Waals surface area contributed by atoms with Gasteiger partial charge in [-0.05, 0) is 31.6 Å². The molecule has 2 heterocycles. The van der Waals surface area contributed by atoms with Gasteiger partial charge < -0.3 is 14.6 Å². The number of rotatable bonds is 5. The molecular formula is C24H37N3O3. The van der Waals surface area contributed by atoms with Gasteiger partial charge in [0, 0.05) is 36.8 Å². The van der Waals surface area contributed by atoms with Gasteiger partial charge in [0.05, 0.1) is 18.3 Å². The predicted molar refractivity (Wildman–Crippen MR) is 116 cm³/mol. The van der Waals surface area contributed by atoms with Crippen LogP contribution in [0, 0.1) is 17.3 Å². The average molecular weight is 416 g/mol. The van der Waals surface area contributed by atoms with Crippen molar-refractivity contribution in [1.29, 1.82) is 0 Å². The van der Waals surface area contributed by atoms with E-state index in [1.807, 2.05) is 4.90 Å². The molecule has 0 aromatic carbocycles. The van der Waals surface area contributed by atoms with Crippen LogP contribution in [0.5, 0.6) is 0 Å². The summed E-state index contributed by atoms with van der Waals surface area (Å²) >= 11 is 0. The van der Waals surface area contributed by atoms with Crippen molar-refractivity contribution < 1.29 is 9.90 Å². The Balaban J connectivity index is 1.47. The highest BCUT2D eigenvalue weighted by atomic mass is 16.3. The maximum Gasteiger partial charge on any atom is 0.269 e. The van der Waals surface area contributed by atoms with E-state index >= 15 is 0 Å². The van der Waals surface area contributed by atoms with Gasteiger partial charge in [0.15, 0.2) is 0 Å². The third kappa shape index (κ3) is 4.20. The summed E-state index contributed by atoms with van der Waals surface area (Å²) < 4.78 is 1.58. The zero-order valence-electron chi connectivity index (χ0n) is 18.4. The Labute approximate surface area is 179 Å². The molecule has 1 aromatic rings. The van der Waals surface area contributed by atoms with Crippen molar-refractivity contribution in [3.8, 4) is 0 Å². The Kier molecular flexibility index (Phi) is 6.33. The summed E-state index contributed by atoms with van der Waals surface area (Å²) in [7, 11) is 0. The van der Waals surface area contributed by atoms with Gasteiger partial charge in [-0.15, -0.1) is 0 Å². The molecule has 1 amide bonds. The highest BCUT2D eigenvalue weighted by Crippen LogP contribution is 2.51. The lowest BCUT2D eigenvalue weighted by atomic mass is 9.65. The Morgan fingerprint density at radius 1 is 1.20 bits per heavy atom. The van der Waals surface area contributed by atoms with E-state index in [0.29, 0.717) is 25.4 Å². The maximum atomic E-state index is 13.3. The van der Waals surface area contributed by atoms with E-state index in [2.05, 4.69) is 11.9 Å². The topological polar surface area (TPSA) is 75.4 Å². The van der Waals surface area contributed by atoms with E-state index in [1.165, 1.54) is 38.3 Å². The molecule has 4 rings (SSSR count). The van der Waals surface area contributed by atoms with Crippen molar-refractivity contribution in [3.63, 3.8) is 0 Å². The summed E-state index contributed by atoms with van der Waals surface area (Å²) in [5.41, 5.74) is -1.45. The summed E-state index contributed by atoms with van der Waals surface area (Å²) in [6, 6.07) is 0. The average Bonchev–Trinajstić information content (AvgIpc) is 3.22. The number of nitrogens with zero attached hydrogens (tertiary/aromatic N) is 3. The first-order valence-corrected chi connectivity index (χ1v) is 11.9. The molecule has 1 aliphatic heterocycles. The molecule has 3 fully saturated rings. The molecular weight excluding hydrogens is 378 g/mol. The first kappa shape index (κ1) is 21.5. The molecule has 3 aliphatic rings. The lowest BCUT2D eigenvalue weighted by Gasteiger charge is -2.52. The summed E-state index contributed by atoms with van der Waals surface area (Å²) in [6.45, 7) is 3.58. The standard InChI is InChI=1S/C24H37N3O3/c1-19(15-20-7-3-2-4-8-20)22(29)27-13-11-24(30,23(17-27)9-5-6-10-23)18-26-14-12-25-16-21(26)28/h12,14,16,19-20,30H,2-11,13,15,17-18H2,1H3. The zero-order valence-corrected chi connectivity index (χ0v) is 18.4. The quantitative estimate of drug-likeness (QED) is 0.800. The Bertz CT molecular complexity index is 795. The summed E-state index contributed by atoms with van der Waals surface area (Å²) in [5.74, 6) is 1.01. The molecule has 2 aliphatic carbocycles. The molecule has 2 saturated carbocycles. The predicted octanol–water partition coefficient (Wildman–Crippen LogP) is 3.37. The SMILES string of the molecule is CC(CC1CCCCC1)C(=O)N1CCC(O)(Cn2ccncc2=O)C2(CCCC2)C1. The molecule has 6 nitrogen and oxygen atoms in total. The van der Waals surface area contributed by atoms with Crippen molar-refractivity contribution in [2.45, 2.75) is 89.7 Å². The highest BCUT2D eigenvalue weighted by molar-refractivity contribution is 5.78. The molecule has 1 aromatic heterocycles. The van der Waals surface area contributed by atoms with Gasteiger partial charge in [-0.3, -0.25) is 14.6 Å². The van der Waals surface area contributed by atoms with E-state index < -0.39 is 5.60 Å². The monoisotopic (exact) mass is 415 g/mol. The second-order valence-electron chi connectivity index (χ2n) is 10.2. The molecule has 2 unspecified atom stereocenters. The second kappa shape index (κ2) is 8.81. The number of hydrogen-bond donors (Lipinski definition) is 1. The molecule has 2 atom stereocenters. The molecule has 0 bridgehead atoms. The number of hydrogen-bond acceptors (Lipinski definition) is 4. The smallest absolute Gasteiger partial charge is 0.269 e. The van der Waals surface area contributed by atoms with E-state index in [4.69, 9.17) is 0 Å². The second-order valence-corrected chi connectivity index (χ2v) is 10.2. The van der Waals surface area contributed by atoms with Gasteiger partial charge in [-0.2, -0.15) is 0 Å². The van der Waals surface area contributed by atoms with Gasteiger partial charge in [0.2, 0.25) is 5.91 Å². The minimum Gasteiger partial charge on any atom is -0.387 e. The third-order valence-electron chi connectivity index (χ3n) is 8.21. The van der Waals surface area contributed by atoms with Crippen molar-refractivity contribution in [2.75, 3.05) is 13.1 Å². The fourth-order valence-corrected chi connectivity index (χ4v) is 6.41. The van der Waals surface area contributed by atoms with E-state index in [1.54, 1.807) is 17.0 Å². The van der Waals surface area contributed by atoms with E-state index in [-0.39, 0.29) is 29.3 Å². The van der Waals surface area contributed by atoms with Crippen LogP contribution < -0.4 is 5.56 Å². The minimum atomic E-state index is -0.960. The normalized spacial score (nSPS) is 28.0. The van der Waals surface area contributed by atoms with Gasteiger partial charge in [-0.1, -0.05) is 51.9 Å². The van der Waals surface area contributed by atoms with Crippen LogP contribution in [0.3, 0.4) is 0 Å². The Hall–Kier alpha value is -1.69. The van der Waals surface area contributed by atoms with Crippen molar-refractivity contribution in [2.24, 2.45) is 17.3 Å². The number of amides is 1. The number of likely N-dealkylation sites (tertiary alicyclic amines) is 1. The lowest BCUT2D eigenvalue weighted by molar-refractivity contribution is -0.163. The van der Waals surface area contributed by atoms with Crippen molar-refractivity contribution in [1.82, 2.24) is 14.5 Å². The number of carbonyl (C=O) groups excluding carboxylic acids is 1. The number of piperidine rings is 1. The van der Waals surface area contributed by atoms with E-state index in [9.17, 15) is 14.7 Å². The largest absolute Gasteiger partial charge is 0.387 e. The van der Waals surface area contributed by atoms with Crippen LogP contribution in [0.2, 0.25) is 0 Å². The number of aliphatic hydroxyl groups is 1. The van der Waals surface area contributed by atoms with E-state index in [0.717, 1.165) is 32.1 Å². The van der Waals surface area contributed by atoms with Crippen LogP contribution in [0.4, 0.5) is 0 Å². The zero-order chi connectivity index (χ0) is 21.2. The van der Waals surface area contributed by atoms with Crippen LogP contribution in [0.15, 0.2) is 23.4 Å². The third-order valence-corrected chi connectivity index (χ3v) is 8.21. The van der Waals surface area contributed by atoms with Crippen molar-refractivity contribution in [3.05, 3.63) is 28.9 Å². The van der Waals surface area contributed by atoms with Gasteiger partial charge in [0.25, 0.3) is 5.56 Å². The Morgan fingerprint density at radius 2 is 1.93 bits per heavy atom. The summed E-state index contributed by atoms with van der Waals surface area (Å²) in [4.78, 5) is 31.4. The maximum absolute atomic E-state index is 13.3. The first-order chi connectivity index (χ1) is 14.4. The molecule has 30 heavy (non-hydrogen) atoms. The first-order valence-electron chi connectivity index (χ1n) is 11.9. The molecule has 1 saturated heterocycles. The molecule has 1 spiro atoms. The van der Waals surface area contributed by atoms with Gasteiger partial charge >= 0.3 is 0 Å². The Morgan fingerprint density at radius 3 is 2.63 bits per heavy atom. The van der Waals surface area contributed by atoms with Crippen LogP contribution >= 0.6 is 0 Å². The van der Waals surface area contributed by atoms with Gasteiger partial charge in [0.1, 0.15) is 0 Å². The van der Waals surface area contributed by atoms with Crippen LogP contribution in [-0.4, -0.2) is 44.2 Å². The molecule has 1 N–H and O–H groups in total. The van der Waals surface area contributed by atoms with Crippen LogP contribution in [0.1, 0.15) is 77.6 Å². The summed E-state index contributed by atoms with van der Waals surface area (Å²) in [6.07, 6.45) is 16.6. The van der Waals surface area contributed by atoms with Gasteiger partial charge in [-0.25, -0.2) is 0 Å². The number of aromatic nitrogens is 2. The fourth-order valence-electron chi connectivity index (χ4n) is 6.41.